The Kier molecular flexibility index (Phi) is 4.86. The van der Waals surface area contributed by atoms with Crippen LogP contribution in [0.1, 0.15) is 36.2 Å². The largest absolute Gasteiger partial charge is 0.481 e. The van der Waals surface area contributed by atoms with Gasteiger partial charge in [-0.15, -0.1) is 0 Å². The Bertz CT molecular complexity index is 855. The van der Waals surface area contributed by atoms with Gasteiger partial charge in [0.1, 0.15) is 5.82 Å². The van der Waals surface area contributed by atoms with Crippen LogP contribution in [0.25, 0.3) is 11.0 Å². The SMILES string of the molecule is CCc1ccc2[nH]c(CC(CC(=O)O)c3ccc(Cl)cc3)nc2c1. The summed E-state index contributed by atoms with van der Waals surface area (Å²) in [5.41, 5.74) is 4.10. The summed E-state index contributed by atoms with van der Waals surface area (Å²) in [4.78, 5) is 19.2. The smallest absolute Gasteiger partial charge is 0.303 e. The summed E-state index contributed by atoms with van der Waals surface area (Å²) in [6.07, 6.45) is 1.56. The number of imidazole rings is 1. The number of nitrogens with one attached hydrogen (secondary N) is 1. The minimum Gasteiger partial charge on any atom is -0.481 e. The van der Waals surface area contributed by atoms with E-state index in [1.54, 1.807) is 12.1 Å². The van der Waals surface area contributed by atoms with Crippen LogP contribution in [0.2, 0.25) is 5.02 Å². The Morgan fingerprint density at radius 3 is 2.67 bits per heavy atom. The molecule has 2 aromatic carbocycles. The predicted octanol–water partition coefficient (Wildman–Crippen LogP) is 4.58. The summed E-state index contributed by atoms with van der Waals surface area (Å²) >= 11 is 5.93. The number of carboxylic acid groups (broad SMARTS) is 1. The summed E-state index contributed by atoms with van der Waals surface area (Å²) in [7, 11) is 0. The van der Waals surface area contributed by atoms with E-state index in [0.29, 0.717) is 11.4 Å². The van der Waals surface area contributed by atoms with Gasteiger partial charge in [-0.3, -0.25) is 4.79 Å². The zero-order valence-corrected chi connectivity index (χ0v) is 14.2. The molecule has 0 fully saturated rings. The van der Waals surface area contributed by atoms with Crippen LogP contribution in [0.15, 0.2) is 42.5 Å². The van der Waals surface area contributed by atoms with Crippen molar-refractivity contribution >= 4 is 28.6 Å². The van der Waals surface area contributed by atoms with Gasteiger partial charge >= 0.3 is 5.97 Å². The number of aryl methyl sites for hydroxylation is 1. The van der Waals surface area contributed by atoms with Crippen LogP contribution in [-0.4, -0.2) is 21.0 Å². The van der Waals surface area contributed by atoms with Crippen molar-refractivity contribution in [3.63, 3.8) is 0 Å². The van der Waals surface area contributed by atoms with Gasteiger partial charge in [-0.2, -0.15) is 0 Å². The highest BCUT2D eigenvalue weighted by atomic mass is 35.5. The molecule has 4 nitrogen and oxygen atoms in total. The van der Waals surface area contributed by atoms with E-state index in [-0.39, 0.29) is 12.3 Å². The molecule has 1 aromatic heterocycles. The molecule has 0 saturated heterocycles. The van der Waals surface area contributed by atoms with E-state index >= 15 is 0 Å². The second-order valence-electron chi connectivity index (χ2n) is 5.94. The van der Waals surface area contributed by atoms with Gasteiger partial charge in [-0.1, -0.05) is 36.7 Å². The van der Waals surface area contributed by atoms with Crippen LogP contribution >= 0.6 is 11.6 Å². The number of aromatic amines is 1. The number of aromatic nitrogens is 2. The van der Waals surface area contributed by atoms with Gasteiger partial charge in [0.15, 0.2) is 0 Å². The van der Waals surface area contributed by atoms with Crippen LogP contribution in [0.4, 0.5) is 0 Å². The number of rotatable bonds is 6. The molecule has 0 amide bonds. The molecule has 124 valence electrons. The first-order valence-corrected chi connectivity index (χ1v) is 8.37. The topological polar surface area (TPSA) is 66.0 Å². The quantitative estimate of drug-likeness (QED) is 0.689. The number of aliphatic carboxylic acids is 1. The summed E-state index contributed by atoms with van der Waals surface area (Å²) < 4.78 is 0. The maximum atomic E-state index is 11.2. The summed E-state index contributed by atoms with van der Waals surface area (Å²) in [5.74, 6) is -0.162. The van der Waals surface area contributed by atoms with Crippen molar-refractivity contribution < 1.29 is 9.90 Å². The van der Waals surface area contributed by atoms with Crippen molar-refractivity contribution in [2.75, 3.05) is 0 Å². The van der Waals surface area contributed by atoms with E-state index < -0.39 is 5.97 Å². The molecule has 2 N–H and O–H groups in total. The summed E-state index contributed by atoms with van der Waals surface area (Å²) in [5, 5.41) is 9.87. The second kappa shape index (κ2) is 7.05. The summed E-state index contributed by atoms with van der Waals surface area (Å²) in [6, 6.07) is 13.5. The van der Waals surface area contributed by atoms with Gasteiger partial charge in [0.25, 0.3) is 0 Å². The molecule has 0 aliphatic carbocycles. The molecule has 0 bridgehead atoms. The molecular formula is C19H19ClN2O2. The molecule has 0 radical (unpaired) electrons. The van der Waals surface area contributed by atoms with E-state index in [9.17, 15) is 9.90 Å². The van der Waals surface area contributed by atoms with Crippen molar-refractivity contribution in [2.45, 2.75) is 32.1 Å². The fourth-order valence-corrected chi connectivity index (χ4v) is 3.03. The molecule has 24 heavy (non-hydrogen) atoms. The van der Waals surface area contributed by atoms with Gasteiger partial charge in [0.2, 0.25) is 0 Å². The third-order valence-corrected chi connectivity index (χ3v) is 4.46. The lowest BCUT2D eigenvalue weighted by molar-refractivity contribution is -0.137. The second-order valence-corrected chi connectivity index (χ2v) is 6.38. The Balaban J connectivity index is 1.89. The molecule has 0 spiro atoms. The molecule has 0 saturated carbocycles. The highest BCUT2D eigenvalue weighted by Gasteiger charge is 2.18. The molecule has 1 heterocycles. The van der Waals surface area contributed by atoms with E-state index in [1.165, 1.54) is 5.56 Å². The first-order valence-electron chi connectivity index (χ1n) is 8.00. The maximum Gasteiger partial charge on any atom is 0.303 e. The van der Waals surface area contributed by atoms with Crippen molar-refractivity contribution in [3.8, 4) is 0 Å². The van der Waals surface area contributed by atoms with Gasteiger partial charge < -0.3 is 10.1 Å². The number of hydrogen-bond acceptors (Lipinski definition) is 2. The molecule has 1 unspecified atom stereocenters. The standard InChI is InChI=1S/C19H19ClN2O2/c1-2-12-3-8-16-17(9-12)22-18(21-16)10-14(11-19(23)24)13-4-6-15(20)7-5-13/h3-9,14H,2,10-11H2,1H3,(H,21,22)(H,23,24). The maximum absolute atomic E-state index is 11.2. The summed E-state index contributed by atoms with van der Waals surface area (Å²) in [6.45, 7) is 2.11. The number of fused-ring (bicyclic) bond motifs is 1. The fraction of sp³-hybridized carbons (Fsp3) is 0.263. The van der Waals surface area contributed by atoms with Crippen molar-refractivity contribution in [2.24, 2.45) is 0 Å². The van der Waals surface area contributed by atoms with E-state index in [0.717, 1.165) is 28.8 Å². The van der Waals surface area contributed by atoms with Gasteiger partial charge in [-0.25, -0.2) is 4.98 Å². The van der Waals surface area contributed by atoms with Crippen molar-refractivity contribution in [3.05, 3.63) is 64.4 Å². The van der Waals surface area contributed by atoms with E-state index in [2.05, 4.69) is 29.0 Å². The van der Waals surface area contributed by atoms with Crippen LogP contribution in [0.3, 0.4) is 0 Å². The molecule has 1 atom stereocenters. The number of nitrogens with zero attached hydrogens (tertiary/aromatic N) is 1. The lowest BCUT2D eigenvalue weighted by Crippen LogP contribution is -2.10. The highest BCUT2D eigenvalue weighted by Crippen LogP contribution is 2.26. The minimum atomic E-state index is -0.820. The molecule has 0 aliphatic rings. The third kappa shape index (κ3) is 3.77. The number of carbonyl (C=O) groups is 1. The molecule has 3 aromatic rings. The first-order chi connectivity index (χ1) is 11.5. The van der Waals surface area contributed by atoms with Crippen molar-refractivity contribution in [1.29, 1.82) is 0 Å². The number of hydrogen-bond donors (Lipinski definition) is 2. The first kappa shape index (κ1) is 16.5. The molecule has 5 heteroatoms. The average molecular weight is 343 g/mol. The van der Waals surface area contributed by atoms with Crippen LogP contribution in [0, 0.1) is 0 Å². The van der Waals surface area contributed by atoms with Gasteiger partial charge in [0.05, 0.1) is 17.5 Å². The predicted molar refractivity (Wildman–Crippen MR) is 95.6 cm³/mol. The number of halogens is 1. The van der Waals surface area contributed by atoms with Crippen LogP contribution in [0.5, 0.6) is 0 Å². The average Bonchev–Trinajstić information content (AvgIpc) is 2.95. The molecule has 3 rings (SSSR count). The minimum absolute atomic E-state index is 0.0545. The Hall–Kier alpha value is -2.33. The lowest BCUT2D eigenvalue weighted by atomic mass is 9.92. The third-order valence-electron chi connectivity index (χ3n) is 4.21. The van der Waals surface area contributed by atoms with Gasteiger partial charge in [-0.05, 0) is 41.8 Å². The zero-order valence-electron chi connectivity index (χ0n) is 13.4. The molecule has 0 aliphatic heterocycles. The Labute approximate surface area is 145 Å². The zero-order chi connectivity index (χ0) is 17.1. The van der Waals surface area contributed by atoms with Crippen molar-refractivity contribution in [1.82, 2.24) is 9.97 Å². The lowest BCUT2D eigenvalue weighted by Gasteiger charge is -2.14. The monoisotopic (exact) mass is 342 g/mol. The number of H-pyrrole nitrogens is 1. The molecular weight excluding hydrogens is 324 g/mol. The highest BCUT2D eigenvalue weighted by molar-refractivity contribution is 6.30. The number of benzene rings is 2. The van der Waals surface area contributed by atoms with E-state index in [4.69, 9.17) is 11.6 Å². The Morgan fingerprint density at radius 1 is 1.25 bits per heavy atom. The van der Waals surface area contributed by atoms with Gasteiger partial charge in [0, 0.05) is 17.4 Å². The van der Waals surface area contributed by atoms with Crippen LogP contribution < -0.4 is 0 Å². The number of carboxylic acids is 1. The Morgan fingerprint density at radius 2 is 2.00 bits per heavy atom. The van der Waals surface area contributed by atoms with Crippen LogP contribution in [-0.2, 0) is 17.6 Å². The van der Waals surface area contributed by atoms with E-state index in [1.807, 2.05) is 18.2 Å². The fourth-order valence-electron chi connectivity index (χ4n) is 2.91. The normalized spacial score (nSPS) is 12.4.